The Kier molecular flexibility index (Phi) is 4.28. The standard InChI is InChI=1S/C14H26N2O2/c1-3-14(18)10-16(11-14)9-13(17)15(2)12-7-5-4-6-8-12/h12,18H,3-11H2,1-2H3. The molecule has 1 aliphatic heterocycles. The first-order chi connectivity index (χ1) is 8.54. The second-order valence-corrected chi connectivity index (χ2v) is 6.02. The summed E-state index contributed by atoms with van der Waals surface area (Å²) in [4.78, 5) is 16.1. The highest BCUT2D eigenvalue weighted by molar-refractivity contribution is 5.78. The number of amides is 1. The molecule has 1 heterocycles. The average molecular weight is 254 g/mol. The van der Waals surface area contributed by atoms with Crippen molar-refractivity contribution >= 4 is 5.91 Å². The molecule has 1 amide bonds. The number of β-amino-alcohol motifs (C(OH)–C–C–N with tert-alkyl or cyclic N) is 1. The van der Waals surface area contributed by atoms with Gasteiger partial charge in [0.25, 0.3) is 0 Å². The summed E-state index contributed by atoms with van der Waals surface area (Å²) >= 11 is 0. The highest BCUT2D eigenvalue weighted by atomic mass is 16.3. The van der Waals surface area contributed by atoms with E-state index in [9.17, 15) is 9.90 Å². The molecule has 0 radical (unpaired) electrons. The van der Waals surface area contributed by atoms with Gasteiger partial charge in [-0.1, -0.05) is 26.2 Å². The number of aliphatic hydroxyl groups is 1. The molecule has 2 aliphatic rings. The van der Waals surface area contributed by atoms with Gasteiger partial charge in [-0.15, -0.1) is 0 Å². The van der Waals surface area contributed by atoms with Crippen LogP contribution in [-0.4, -0.2) is 59.1 Å². The van der Waals surface area contributed by atoms with E-state index in [0.717, 1.165) is 19.3 Å². The molecule has 0 unspecified atom stereocenters. The van der Waals surface area contributed by atoms with Crippen molar-refractivity contribution < 1.29 is 9.90 Å². The minimum atomic E-state index is -0.538. The SMILES string of the molecule is CCC1(O)CN(CC(=O)N(C)C2CCCCC2)C1. The van der Waals surface area contributed by atoms with Crippen molar-refractivity contribution in [3.8, 4) is 0 Å². The zero-order chi connectivity index (χ0) is 13.2. The predicted octanol–water partition coefficient (Wildman–Crippen LogP) is 1.23. The van der Waals surface area contributed by atoms with Crippen LogP contribution in [0.25, 0.3) is 0 Å². The molecule has 104 valence electrons. The summed E-state index contributed by atoms with van der Waals surface area (Å²) in [6.45, 7) is 3.75. The third-order valence-electron chi connectivity index (χ3n) is 4.57. The van der Waals surface area contributed by atoms with Gasteiger partial charge in [-0.3, -0.25) is 9.69 Å². The predicted molar refractivity (Wildman–Crippen MR) is 71.3 cm³/mol. The fraction of sp³-hybridized carbons (Fsp3) is 0.929. The molecular formula is C14H26N2O2. The molecule has 0 spiro atoms. The fourth-order valence-corrected chi connectivity index (χ4v) is 3.10. The Morgan fingerprint density at radius 1 is 1.33 bits per heavy atom. The molecule has 18 heavy (non-hydrogen) atoms. The van der Waals surface area contributed by atoms with Crippen LogP contribution in [0.15, 0.2) is 0 Å². The molecule has 1 saturated carbocycles. The number of rotatable bonds is 4. The third kappa shape index (κ3) is 3.04. The molecule has 4 nitrogen and oxygen atoms in total. The normalized spacial score (nSPS) is 24.6. The first kappa shape index (κ1) is 13.8. The molecule has 0 aromatic rings. The van der Waals surface area contributed by atoms with Gasteiger partial charge in [0.05, 0.1) is 12.1 Å². The number of hydrogen-bond donors (Lipinski definition) is 1. The van der Waals surface area contributed by atoms with Crippen LogP contribution >= 0.6 is 0 Å². The van der Waals surface area contributed by atoms with Crippen LogP contribution in [0.1, 0.15) is 45.4 Å². The third-order valence-corrected chi connectivity index (χ3v) is 4.57. The van der Waals surface area contributed by atoms with E-state index >= 15 is 0 Å². The van der Waals surface area contributed by atoms with Gasteiger partial charge in [0.15, 0.2) is 0 Å². The monoisotopic (exact) mass is 254 g/mol. The van der Waals surface area contributed by atoms with Crippen molar-refractivity contribution in [3.05, 3.63) is 0 Å². The lowest BCUT2D eigenvalue weighted by atomic mass is 9.91. The van der Waals surface area contributed by atoms with Gasteiger partial charge in [0.2, 0.25) is 5.91 Å². The Balaban J connectivity index is 1.74. The summed E-state index contributed by atoms with van der Waals surface area (Å²) < 4.78 is 0. The van der Waals surface area contributed by atoms with Gasteiger partial charge in [0.1, 0.15) is 0 Å². The molecule has 4 heteroatoms. The van der Waals surface area contributed by atoms with Gasteiger partial charge in [-0.05, 0) is 19.3 Å². The van der Waals surface area contributed by atoms with E-state index in [4.69, 9.17) is 0 Å². The molecule has 0 aromatic heterocycles. The van der Waals surface area contributed by atoms with Crippen molar-refractivity contribution in [1.82, 2.24) is 9.80 Å². The lowest BCUT2D eigenvalue weighted by Gasteiger charge is -2.46. The first-order valence-electron chi connectivity index (χ1n) is 7.24. The van der Waals surface area contributed by atoms with Gasteiger partial charge in [-0.2, -0.15) is 0 Å². The highest BCUT2D eigenvalue weighted by Crippen LogP contribution is 2.25. The summed E-state index contributed by atoms with van der Waals surface area (Å²) in [6, 6.07) is 0.442. The molecule has 1 aliphatic carbocycles. The van der Waals surface area contributed by atoms with Crippen LogP contribution < -0.4 is 0 Å². The number of likely N-dealkylation sites (N-methyl/N-ethyl adjacent to an activating group) is 1. The zero-order valence-corrected chi connectivity index (χ0v) is 11.7. The minimum absolute atomic E-state index is 0.208. The van der Waals surface area contributed by atoms with E-state index in [1.807, 2.05) is 23.8 Å². The van der Waals surface area contributed by atoms with Gasteiger partial charge in [-0.25, -0.2) is 0 Å². The zero-order valence-electron chi connectivity index (χ0n) is 11.7. The minimum Gasteiger partial charge on any atom is -0.387 e. The van der Waals surface area contributed by atoms with E-state index in [0.29, 0.717) is 25.7 Å². The first-order valence-corrected chi connectivity index (χ1v) is 7.24. The quantitative estimate of drug-likeness (QED) is 0.821. The second kappa shape index (κ2) is 5.57. The van der Waals surface area contributed by atoms with E-state index in [-0.39, 0.29) is 5.91 Å². The maximum Gasteiger partial charge on any atom is 0.236 e. The van der Waals surface area contributed by atoms with Crippen molar-refractivity contribution in [2.75, 3.05) is 26.7 Å². The van der Waals surface area contributed by atoms with Crippen LogP contribution in [0.5, 0.6) is 0 Å². The van der Waals surface area contributed by atoms with Crippen LogP contribution in [0, 0.1) is 0 Å². The molecule has 1 N–H and O–H groups in total. The molecule has 0 atom stereocenters. The van der Waals surface area contributed by atoms with Crippen molar-refractivity contribution in [3.63, 3.8) is 0 Å². The van der Waals surface area contributed by atoms with Crippen molar-refractivity contribution in [1.29, 1.82) is 0 Å². The van der Waals surface area contributed by atoms with E-state index < -0.39 is 5.60 Å². The van der Waals surface area contributed by atoms with Crippen molar-refractivity contribution in [2.24, 2.45) is 0 Å². The molecule has 0 aromatic carbocycles. The van der Waals surface area contributed by atoms with Crippen molar-refractivity contribution in [2.45, 2.75) is 57.1 Å². The van der Waals surface area contributed by atoms with Gasteiger partial charge < -0.3 is 10.0 Å². The molecule has 2 rings (SSSR count). The average Bonchev–Trinajstić information content (AvgIpc) is 2.36. The number of likely N-dealkylation sites (tertiary alicyclic amines) is 1. The Hall–Kier alpha value is -0.610. The fourth-order valence-electron chi connectivity index (χ4n) is 3.10. The lowest BCUT2D eigenvalue weighted by Crippen LogP contribution is -2.63. The van der Waals surface area contributed by atoms with E-state index in [1.54, 1.807) is 0 Å². The highest BCUT2D eigenvalue weighted by Gasteiger charge is 2.40. The smallest absolute Gasteiger partial charge is 0.236 e. The number of hydrogen-bond acceptors (Lipinski definition) is 3. The van der Waals surface area contributed by atoms with Crippen LogP contribution in [-0.2, 0) is 4.79 Å². The number of nitrogens with zero attached hydrogens (tertiary/aromatic N) is 2. The Bertz CT molecular complexity index is 294. The molecular weight excluding hydrogens is 228 g/mol. The topological polar surface area (TPSA) is 43.8 Å². The summed E-state index contributed by atoms with van der Waals surface area (Å²) in [5.41, 5.74) is -0.538. The van der Waals surface area contributed by atoms with E-state index in [1.165, 1.54) is 19.3 Å². The number of carbonyl (C=O) groups is 1. The summed E-state index contributed by atoms with van der Waals surface area (Å²) in [6.07, 6.45) is 6.90. The maximum absolute atomic E-state index is 12.1. The second-order valence-electron chi connectivity index (χ2n) is 6.02. The molecule has 0 bridgehead atoms. The van der Waals surface area contributed by atoms with Gasteiger partial charge >= 0.3 is 0 Å². The van der Waals surface area contributed by atoms with Gasteiger partial charge in [0, 0.05) is 26.2 Å². The van der Waals surface area contributed by atoms with Crippen LogP contribution in [0.2, 0.25) is 0 Å². The Morgan fingerprint density at radius 2 is 1.94 bits per heavy atom. The summed E-state index contributed by atoms with van der Waals surface area (Å²) in [5, 5.41) is 9.92. The van der Waals surface area contributed by atoms with E-state index in [2.05, 4.69) is 0 Å². The summed E-state index contributed by atoms with van der Waals surface area (Å²) in [5.74, 6) is 0.208. The molecule has 1 saturated heterocycles. The van der Waals surface area contributed by atoms with Crippen LogP contribution in [0.3, 0.4) is 0 Å². The largest absolute Gasteiger partial charge is 0.387 e. The molecule has 2 fully saturated rings. The number of carbonyl (C=O) groups excluding carboxylic acids is 1. The lowest BCUT2D eigenvalue weighted by molar-refractivity contribution is -0.143. The Morgan fingerprint density at radius 3 is 2.50 bits per heavy atom. The maximum atomic E-state index is 12.1. The Labute approximate surface area is 110 Å². The van der Waals surface area contributed by atoms with Crippen LogP contribution in [0.4, 0.5) is 0 Å². The summed E-state index contributed by atoms with van der Waals surface area (Å²) in [7, 11) is 1.93.